The molecule has 0 bridgehead atoms. The molecule has 25 heavy (non-hydrogen) atoms. The fourth-order valence-electron chi connectivity index (χ4n) is 2.32. The number of methoxy groups -OCH3 is 2. The second kappa shape index (κ2) is 7.98. The molecule has 0 spiro atoms. The molecule has 0 saturated carbocycles. The topological polar surface area (TPSA) is 57.1 Å². The van der Waals surface area contributed by atoms with E-state index in [1.54, 1.807) is 32.2 Å². The van der Waals surface area contributed by atoms with Gasteiger partial charge in [-0.15, -0.1) is 0 Å². The molecule has 1 aromatic carbocycles. The Morgan fingerprint density at radius 3 is 2.48 bits per heavy atom. The maximum atomic E-state index is 5.37. The van der Waals surface area contributed by atoms with E-state index < -0.39 is 0 Å². The molecule has 2 heterocycles. The molecule has 5 nitrogen and oxygen atoms in total. The number of nitrogens with zero attached hydrogens (tertiary/aromatic N) is 3. The van der Waals surface area contributed by atoms with Gasteiger partial charge in [0.15, 0.2) is 17.3 Å². The zero-order chi connectivity index (χ0) is 17.6. The highest BCUT2D eigenvalue weighted by molar-refractivity contribution is 7.99. The lowest BCUT2D eigenvalue weighted by Gasteiger charge is -2.10. The average molecular weight is 353 g/mol. The Labute approximate surface area is 151 Å². The highest BCUT2D eigenvalue weighted by atomic mass is 32.2. The molecule has 0 aliphatic heterocycles. The number of ether oxygens (including phenoxy) is 2. The van der Waals surface area contributed by atoms with Gasteiger partial charge in [-0.1, -0.05) is 24.8 Å². The third-order valence-electron chi connectivity index (χ3n) is 3.59. The Hall–Kier alpha value is -2.60. The van der Waals surface area contributed by atoms with Gasteiger partial charge in [-0.3, -0.25) is 4.98 Å². The number of hydrogen-bond donors (Lipinski definition) is 0. The molecular formula is C19H19N3O2S. The van der Waals surface area contributed by atoms with Crippen molar-refractivity contribution in [3.05, 3.63) is 54.4 Å². The Bertz CT molecular complexity index is 857. The maximum Gasteiger partial charge on any atom is 0.179 e. The summed E-state index contributed by atoms with van der Waals surface area (Å²) in [6.45, 7) is 2.08. The quantitative estimate of drug-likeness (QED) is 0.617. The van der Waals surface area contributed by atoms with Crippen LogP contribution >= 0.6 is 11.8 Å². The van der Waals surface area contributed by atoms with Crippen LogP contribution in [0.2, 0.25) is 0 Å². The molecule has 0 saturated heterocycles. The van der Waals surface area contributed by atoms with E-state index in [9.17, 15) is 0 Å². The Morgan fingerprint density at radius 2 is 1.80 bits per heavy atom. The van der Waals surface area contributed by atoms with Crippen LogP contribution < -0.4 is 9.47 Å². The molecule has 0 aliphatic rings. The van der Waals surface area contributed by atoms with Crippen molar-refractivity contribution < 1.29 is 9.47 Å². The van der Waals surface area contributed by atoms with Crippen molar-refractivity contribution in [3.63, 3.8) is 0 Å². The lowest BCUT2D eigenvalue weighted by atomic mass is 10.3. The molecule has 6 heteroatoms. The molecule has 0 unspecified atom stereocenters. The molecule has 128 valence electrons. The Kier molecular flexibility index (Phi) is 5.50. The van der Waals surface area contributed by atoms with Gasteiger partial charge in [0.1, 0.15) is 10.7 Å². The van der Waals surface area contributed by atoms with Gasteiger partial charge in [0, 0.05) is 16.8 Å². The predicted octanol–water partition coefficient (Wildman–Crippen LogP) is 4.27. The highest BCUT2D eigenvalue weighted by Crippen LogP contribution is 2.35. The average Bonchev–Trinajstić information content (AvgIpc) is 2.68. The summed E-state index contributed by atoms with van der Waals surface area (Å²) in [6, 6.07) is 13.6. The van der Waals surface area contributed by atoms with Crippen LogP contribution in [0.3, 0.4) is 0 Å². The van der Waals surface area contributed by atoms with Crippen LogP contribution in [0.1, 0.15) is 12.6 Å². The van der Waals surface area contributed by atoms with Gasteiger partial charge in [-0.05, 0) is 42.8 Å². The lowest BCUT2D eigenvalue weighted by Crippen LogP contribution is -1.98. The minimum absolute atomic E-state index is 0.642. The summed E-state index contributed by atoms with van der Waals surface area (Å²) in [5.74, 6) is 2.04. The molecule has 0 radical (unpaired) electrons. The van der Waals surface area contributed by atoms with Crippen LogP contribution in [-0.4, -0.2) is 29.2 Å². The van der Waals surface area contributed by atoms with Crippen molar-refractivity contribution in [1.82, 2.24) is 15.0 Å². The fraction of sp³-hybridized carbons (Fsp3) is 0.211. The van der Waals surface area contributed by atoms with Gasteiger partial charge in [0.25, 0.3) is 0 Å². The summed E-state index contributed by atoms with van der Waals surface area (Å²) in [5, 5.41) is 0.875. The van der Waals surface area contributed by atoms with Crippen LogP contribution in [0.15, 0.2) is 58.6 Å². The van der Waals surface area contributed by atoms with Gasteiger partial charge >= 0.3 is 0 Å². The van der Waals surface area contributed by atoms with Crippen molar-refractivity contribution >= 4 is 11.8 Å². The molecule has 0 amide bonds. The van der Waals surface area contributed by atoms with Crippen LogP contribution in [0.5, 0.6) is 11.5 Å². The molecule has 3 aromatic rings. The second-order valence-electron chi connectivity index (χ2n) is 5.21. The van der Waals surface area contributed by atoms with Crippen LogP contribution in [0.25, 0.3) is 11.5 Å². The molecule has 0 N–H and O–H groups in total. The van der Waals surface area contributed by atoms with E-state index >= 15 is 0 Å². The number of aromatic nitrogens is 3. The number of hydrogen-bond acceptors (Lipinski definition) is 6. The number of rotatable bonds is 6. The molecular weight excluding hydrogens is 334 g/mol. The summed E-state index contributed by atoms with van der Waals surface area (Å²) in [4.78, 5) is 14.6. The van der Waals surface area contributed by atoms with Crippen molar-refractivity contribution in [2.75, 3.05) is 14.2 Å². The van der Waals surface area contributed by atoms with E-state index in [1.165, 1.54) is 0 Å². The molecule has 0 aliphatic carbocycles. The summed E-state index contributed by atoms with van der Waals surface area (Å²) < 4.78 is 10.7. The summed E-state index contributed by atoms with van der Waals surface area (Å²) in [6.07, 6.45) is 2.58. The largest absolute Gasteiger partial charge is 0.493 e. The molecule has 0 fully saturated rings. The summed E-state index contributed by atoms with van der Waals surface area (Å²) in [7, 11) is 3.26. The third kappa shape index (κ3) is 4.09. The SMILES string of the molecule is CCc1cc(Sc2ccc(OC)c(OC)c2)nc(-c2ccccn2)n1. The monoisotopic (exact) mass is 353 g/mol. The van der Waals surface area contributed by atoms with Crippen LogP contribution in [-0.2, 0) is 6.42 Å². The first-order valence-corrected chi connectivity index (χ1v) is 8.74. The van der Waals surface area contributed by atoms with E-state index in [4.69, 9.17) is 9.47 Å². The predicted molar refractivity (Wildman–Crippen MR) is 98.3 cm³/mol. The normalized spacial score (nSPS) is 10.5. The third-order valence-corrected chi connectivity index (χ3v) is 4.50. The van der Waals surface area contributed by atoms with Gasteiger partial charge in [0.05, 0.1) is 14.2 Å². The first kappa shape index (κ1) is 17.2. The second-order valence-corrected chi connectivity index (χ2v) is 6.30. The zero-order valence-electron chi connectivity index (χ0n) is 14.4. The molecule has 2 aromatic heterocycles. The van der Waals surface area contributed by atoms with E-state index in [2.05, 4.69) is 21.9 Å². The summed E-state index contributed by atoms with van der Waals surface area (Å²) in [5.41, 5.74) is 1.76. The van der Waals surface area contributed by atoms with E-state index in [0.29, 0.717) is 17.3 Å². The highest BCUT2D eigenvalue weighted by Gasteiger charge is 2.10. The van der Waals surface area contributed by atoms with Gasteiger partial charge < -0.3 is 9.47 Å². The van der Waals surface area contributed by atoms with Crippen molar-refractivity contribution in [1.29, 1.82) is 0 Å². The van der Waals surface area contributed by atoms with Gasteiger partial charge in [0.2, 0.25) is 0 Å². The standard InChI is InChI=1S/C19H19N3O2S/c1-4-13-11-18(22-19(21-13)15-7-5-6-10-20-15)25-14-8-9-16(23-2)17(12-14)24-3/h5-12H,4H2,1-3H3. The smallest absolute Gasteiger partial charge is 0.179 e. The van der Waals surface area contributed by atoms with Crippen molar-refractivity contribution in [3.8, 4) is 23.0 Å². The van der Waals surface area contributed by atoms with E-state index in [-0.39, 0.29) is 0 Å². The maximum absolute atomic E-state index is 5.37. The van der Waals surface area contributed by atoms with E-state index in [1.807, 2.05) is 42.5 Å². The number of pyridine rings is 1. The first-order valence-electron chi connectivity index (χ1n) is 7.92. The zero-order valence-corrected chi connectivity index (χ0v) is 15.2. The van der Waals surface area contributed by atoms with Crippen molar-refractivity contribution in [2.24, 2.45) is 0 Å². The van der Waals surface area contributed by atoms with Crippen LogP contribution in [0.4, 0.5) is 0 Å². The minimum Gasteiger partial charge on any atom is -0.493 e. The number of benzene rings is 1. The molecule has 3 rings (SSSR count). The Balaban J connectivity index is 1.95. The summed E-state index contributed by atoms with van der Waals surface area (Å²) >= 11 is 1.56. The number of aryl methyl sites for hydroxylation is 1. The van der Waals surface area contributed by atoms with Gasteiger partial charge in [-0.25, -0.2) is 9.97 Å². The van der Waals surface area contributed by atoms with E-state index in [0.717, 1.165) is 27.7 Å². The van der Waals surface area contributed by atoms with Crippen LogP contribution in [0, 0.1) is 0 Å². The first-order chi connectivity index (χ1) is 12.2. The molecule has 0 atom stereocenters. The Morgan fingerprint density at radius 1 is 0.960 bits per heavy atom. The van der Waals surface area contributed by atoms with Gasteiger partial charge in [-0.2, -0.15) is 0 Å². The lowest BCUT2D eigenvalue weighted by molar-refractivity contribution is 0.354. The minimum atomic E-state index is 0.642. The van der Waals surface area contributed by atoms with Crippen molar-refractivity contribution in [2.45, 2.75) is 23.3 Å². The fourth-order valence-corrected chi connectivity index (χ4v) is 3.19.